The Labute approximate surface area is 115 Å². The molecule has 0 aliphatic heterocycles. The summed E-state index contributed by atoms with van der Waals surface area (Å²) >= 11 is 1.69. The first-order valence-corrected chi connectivity index (χ1v) is 6.75. The van der Waals surface area contributed by atoms with E-state index in [2.05, 4.69) is 18.2 Å². The van der Waals surface area contributed by atoms with E-state index < -0.39 is 0 Å². The van der Waals surface area contributed by atoms with Crippen molar-refractivity contribution in [3.63, 3.8) is 0 Å². The summed E-state index contributed by atoms with van der Waals surface area (Å²) in [5.41, 5.74) is 1.61. The molecule has 0 radical (unpaired) electrons. The average Bonchev–Trinajstić information content (AvgIpc) is 2.90. The van der Waals surface area contributed by atoms with Gasteiger partial charge in [-0.05, 0) is 35.7 Å². The van der Waals surface area contributed by atoms with E-state index in [0.717, 1.165) is 16.7 Å². The molecule has 2 aromatic carbocycles. The SMILES string of the molecule is COc1ccc(-c2cc3ccccc3s2)c(C=O)c1. The summed E-state index contributed by atoms with van der Waals surface area (Å²) in [5, 5.41) is 1.20. The van der Waals surface area contributed by atoms with Crippen molar-refractivity contribution in [1.82, 2.24) is 0 Å². The van der Waals surface area contributed by atoms with Gasteiger partial charge in [0.1, 0.15) is 5.75 Å². The average molecular weight is 268 g/mol. The molecule has 19 heavy (non-hydrogen) atoms. The first kappa shape index (κ1) is 11.9. The molecule has 3 heteroatoms. The van der Waals surface area contributed by atoms with Crippen LogP contribution in [0, 0.1) is 0 Å². The smallest absolute Gasteiger partial charge is 0.150 e. The standard InChI is InChI=1S/C16H12O2S/c1-18-13-6-7-14(12(8-13)10-17)16-9-11-4-2-3-5-15(11)19-16/h2-10H,1H3. The van der Waals surface area contributed by atoms with Crippen molar-refractivity contribution in [2.75, 3.05) is 7.11 Å². The molecule has 0 N–H and O–H groups in total. The third kappa shape index (κ3) is 2.13. The molecule has 0 bridgehead atoms. The predicted molar refractivity (Wildman–Crippen MR) is 79.2 cm³/mol. The maximum Gasteiger partial charge on any atom is 0.150 e. The van der Waals surface area contributed by atoms with Gasteiger partial charge in [0, 0.05) is 20.7 Å². The Hall–Kier alpha value is -2.13. The number of carbonyl (C=O) groups excluding carboxylic acids is 1. The second-order valence-corrected chi connectivity index (χ2v) is 5.30. The van der Waals surface area contributed by atoms with Crippen molar-refractivity contribution in [2.24, 2.45) is 0 Å². The van der Waals surface area contributed by atoms with Gasteiger partial charge in [-0.15, -0.1) is 11.3 Å². The number of aldehydes is 1. The number of thiophene rings is 1. The second kappa shape index (κ2) is 4.86. The summed E-state index contributed by atoms with van der Waals surface area (Å²) in [6.45, 7) is 0. The lowest BCUT2D eigenvalue weighted by molar-refractivity contribution is 0.112. The van der Waals surface area contributed by atoms with E-state index in [0.29, 0.717) is 11.3 Å². The molecule has 0 fully saturated rings. The predicted octanol–water partition coefficient (Wildman–Crippen LogP) is 4.39. The molecule has 0 saturated carbocycles. The zero-order valence-corrected chi connectivity index (χ0v) is 11.2. The number of carbonyl (C=O) groups is 1. The van der Waals surface area contributed by atoms with E-state index in [-0.39, 0.29) is 0 Å². The van der Waals surface area contributed by atoms with Crippen LogP contribution in [0.4, 0.5) is 0 Å². The minimum absolute atomic E-state index is 0.658. The molecule has 3 rings (SSSR count). The fourth-order valence-electron chi connectivity index (χ4n) is 2.10. The Balaban J connectivity index is 2.17. The number of ether oxygens (including phenoxy) is 1. The minimum Gasteiger partial charge on any atom is -0.497 e. The van der Waals surface area contributed by atoms with Crippen LogP contribution in [0.5, 0.6) is 5.75 Å². The van der Waals surface area contributed by atoms with Crippen LogP contribution >= 0.6 is 11.3 Å². The zero-order valence-electron chi connectivity index (χ0n) is 10.4. The highest BCUT2D eigenvalue weighted by Gasteiger charge is 2.09. The third-order valence-electron chi connectivity index (χ3n) is 3.08. The summed E-state index contributed by atoms with van der Waals surface area (Å²) in [6.07, 6.45) is 0.877. The first-order chi connectivity index (χ1) is 9.31. The summed E-state index contributed by atoms with van der Waals surface area (Å²) < 4.78 is 6.38. The van der Waals surface area contributed by atoms with Crippen LogP contribution in [0.15, 0.2) is 48.5 Å². The van der Waals surface area contributed by atoms with Crippen LogP contribution in [0.1, 0.15) is 10.4 Å². The van der Waals surface area contributed by atoms with Crippen molar-refractivity contribution in [3.8, 4) is 16.2 Å². The Morgan fingerprint density at radius 3 is 2.68 bits per heavy atom. The highest BCUT2D eigenvalue weighted by atomic mass is 32.1. The van der Waals surface area contributed by atoms with Gasteiger partial charge in [0.05, 0.1) is 7.11 Å². The quantitative estimate of drug-likeness (QED) is 0.658. The van der Waals surface area contributed by atoms with Crippen LogP contribution < -0.4 is 4.74 Å². The van der Waals surface area contributed by atoms with Crippen LogP contribution in [-0.4, -0.2) is 13.4 Å². The van der Waals surface area contributed by atoms with Gasteiger partial charge >= 0.3 is 0 Å². The van der Waals surface area contributed by atoms with Gasteiger partial charge in [-0.25, -0.2) is 0 Å². The number of fused-ring (bicyclic) bond motifs is 1. The summed E-state index contributed by atoms with van der Waals surface area (Å²) in [7, 11) is 1.60. The third-order valence-corrected chi connectivity index (χ3v) is 4.23. The molecule has 94 valence electrons. The van der Waals surface area contributed by atoms with Crippen molar-refractivity contribution in [3.05, 3.63) is 54.1 Å². The number of hydrogen-bond donors (Lipinski definition) is 0. The first-order valence-electron chi connectivity index (χ1n) is 5.94. The van der Waals surface area contributed by atoms with E-state index in [1.807, 2.05) is 24.3 Å². The number of benzene rings is 2. The summed E-state index contributed by atoms with van der Waals surface area (Å²) in [4.78, 5) is 12.3. The van der Waals surface area contributed by atoms with Crippen LogP contribution in [0.25, 0.3) is 20.5 Å². The summed E-state index contributed by atoms with van der Waals surface area (Å²) in [5.74, 6) is 0.701. The second-order valence-electron chi connectivity index (χ2n) is 4.22. The lowest BCUT2D eigenvalue weighted by atomic mass is 10.1. The van der Waals surface area contributed by atoms with Crippen LogP contribution in [-0.2, 0) is 0 Å². The molecular weight excluding hydrogens is 256 g/mol. The normalized spacial score (nSPS) is 10.6. The highest BCUT2D eigenvalue weighted by Crippen LogP contribution is 2.35. The number of hydrogen-bond acceptors (Lipinski definition) is 3. The molecule has 0 unspecified atom stereocenters. The monoisotopic (exact) mass is 268 g/mol. The maximum atomic E-state index is 11.2. The Morgan fingerprint density at radius 2 is 1.95 bits per heavy atom. The zero-order chi connectivity index (χ0) is 13.2. The molecule has 1 aromatic heterocycles. The highest BCUT2D eigenvalue weighted by molar-refractivity contribution is 7.22. The van der Waals surface area contributed by atoms with Crippen molar-refractivity contribution in [1.29, 1.82) is 0 Å². The van der Waals surface area contributed by atoms with Crippen LogP contribution in [0.3, 0.4) is 0 Å². The van der Waals surface area contributed by atoms with Crippen LogP contribution in [0.2, 0.25) is 0 Å². The largest absolute Gasteiger partial charge is 0.497 e. The molecule has 0 saturated heterocycles. The molecule has 0 atom stereocenters. The van der Waals surface area contributed by atoms with Gasteiger partial charge in [-0.2, -0.15) is 0 Å². The van der Waals surface area contributed by atoms with Crippen molar-refractivity contribution < 1.29 is 9.53 Å². The molecule has 0 spiro atoms. The minimum atomic E-state index is 0.658. The fraction of sp³-hybridized carbons (Fsp3) is 0.0625. The van der Waals surface area contributed by atoms with E-state index in [1.165, 1.54) is 10.1 Å². The van der Waals surface area contributed by atoms with Crippen molar-refractivity contribution in [2.45, 2.75) is 0 Å². The van der Waals surface area contributed by atoms with E-state index >= 15 is 0 Å². The van der Waals surface area contributed by atoms with E-state index in [9.17, 15) is 4.79 Å². The van der Waals surface area contributed by atoms with Gasteiger partial charge in [0.15, 0.2) is 6.29 Å². The molecular formula is C16H12O2S. The van der Waals surface area contributed by atoms with Crippen molar-refractivity contribution >= 4 is 27.7 Å². The summed E-state index contributed by atoms with van der Waals surface area (Å²) in [6, 6.07) is 15.9. The maximum absolute atomic E-state index is 11.2. The topological polar surface area (TPSA) is 26.3 Å². The van der Waals surface area contributed by atoms with Gasteiger partial charge in [0.25, 0.3) is 0 Å². The lowest BCUT2D eigenvalue weighted by Crippen LogP contribution is -1.89. The molecule has 3 aromatic rings. The van der Waals surface area contributed by atoms with Gasteiger partial charge < -0.3 is 4.74 Å². The molecule has 1 heterocycles. The Bertz CT molecular complexity index is 710. The van der Waals surface area contributed by atoms with Gasteiger partial charge in [-0.1, -0.05) is 18.2 Å². The number of methoxy groups -OCH3 is 1. The Morgan fingerprint density at radius 1 is 1.11 bits per heavy atom. The Kier molecular flexibility index (Phi) is 3.05. The van der Waals surface area contributed by atoms with Gasteiger partial charge in [0.2, 0.25) is 0 Å². The number of rotatable bonds is 3. The molecule has 2 nitrogen and oxygen atoms in total. The fourth-order valence-corrected chi connectivity index (χ4v) is 3.21. The molecule has 0 aliphatic carbocycles. The molecule has 0 aliphatic rings. The van der Waals surface area contributed by atoms with E-state index in [4.69, 9.17) is 4.74 Å². The van der Waals surface area contributed by atoms with Gasteiger partial charge in [-0.3, -0.25) is 4.79 Å². The lowest BCUT2D eigenvalue weighted by Gasteiger charge is -2.05. The molecule has 0 amide bonds. The van der Waals surface area contributed by atoms with E-state index in [1.54, 1.807) is 24.5 Å².